The second-order valence-corrected chi connectivity index (χ2v) is 11.1. The summed E-state index contributed by atoms with van der Waals surface area (Å²) < 4.78 is 22.4. The van der Waals surface area contributed by atoms with Crippen molar-refractivity contribution >= 4 is 5.78 Å². The van der Waals surface area contributed by atoms with Crippen LogP contribution in [0.3, 0.4) is 0 Å². The van der Waals surface area contributed by atoms with Crippen molar-refractivity contribution in [3.8, 4) is 0 Å². The fourth-order valence-electron chi connectivity index (χ4n) is 5.37. The van der Waals surface area contributed by atoms with Crippen LogP contribution in [0.15, 0.2) is 11.6 Å². The van der Waals surface area contributed by atoms with Crippen molar-refractivity contribution in [2.45, 2.75) is 114 Å². The third-order valence-electron chi connectivity index (χ3n) is 7.68. The summed E-state index contributed by atoms with van der Waals surface area (Å²) in [4.78, 5) is 12.0. The highest BCUT2D eigenvalue weighted by Crippen LogP contribution is 2.42. The lowest BCUT2D eigenvalue weighted by atomic mass is 9.66. The summed E-state index contributed by atoms with van der Waals surface area (Å²) in [7, 11) is 0. The Balaban J connectivity index is 1.57. The molecule has 0 saturated carbocycles. The number of allylic oxidation sites excluding steroid dienone is 1. The van der Waals surface area contributed by atoms with Gasteiger partial charge in [0.2, 0.25) is 0 Å². The summed E-state index contributed by atoms with van der Waals surface area (Å²) in [5.74, 6) is -0.0504. The average molecular weight is 535 g/mol. The first kappa shape index (κ1) is 30.5. The van der Waals surface area contributed by atoms with E-state index in [0.29, 0.717) is 24.8 Å². The largest absolute Gasteiger partial charge is 0.392 e. The second kappa shape index (κ2) is 12.4. The van der Waals surface area contributed by atoms with Crippen LogP contribution in [-0.2, 0) is 23.7 Å². The normalized spacial score (nSPS) is 43.4. The monoisotopic (exact) mass is 534 g/mol. The van der Waals surface area contributed by atoms with Gasteiger partial charge in [0, 0.05) is 6.42 Å². The van der Waals surface area contributed by atoms with Crippen LogP contribution in [0.5, 0.6) is 0 Å². The Hall–Kier alpha value is -1.03. The lowest BCUT2D eigenvalue weighted by Crippen LogP contribution is -2.61. The molecule has 7 N–H and O–H groups in total. The molecule has 1 aliphatic carbocycles. The summed E-state index contributed by atoms with van der Waals surface area (Å²) in [5.41, 5.74) is 0.345. The molecular weight excluding hydrogens is 492 g/mol. The highest BCUT2D eigenvalue weighted by molar-refractivity contribution is 5.92. The molecule has 0 amide bonds. The van der Waals surface area contributed by atoms with E-state index in [2.05, 4.69) is 0 Å². The fraction of sp³-hybridized carbons (Fsp3) is 0.880. The molecule has 214 valence electrons. The number of carbonyl (C=O) groups excluding carboxylic acids is 1. The highest BCUT2D eigenvalue weighted by atomic mass is 16.7. The third-order valence-corrected chi connectivity index (χ3v) is 7.68. The maximum absolute atomic E-state index is 12.0. The Kier molecular flexibility index (Phi) is 10.3. The molecule has 12 heteroatoms. The Morgan fingerprint density at radius 3 is 2.24 bits per heavy atom. The number of aliphatic hydroxyl groups is 7. The topological polar surface area (TPSA) is 196 Å². The molecule has 12 nitrogen and oxygen atoms in total. The molecule has 37 heavy (non-hydrogen) atoms. The van der Waals surface area contributed by atoms with Crippen LogP contribution in [0.4, 0.5) is 0 Å². The van der Waals surface area contributed by atoms with Gasteiger partial charge in [-0.2, -0.15) is 0 Å². The van der Waals surface area contributed by atoms with Gasteiger partial charge in [-0.15, -0.1) is 0 Å². The van der Waals surface area contributed by atoms with Crippen molar-refractivity contribution in [3.63, 3.8) is 0 Å². The number of hydrogen-bond acceptors (Lipinski definition) is 12. The molecule has 2 heterocycles. The van der Waals surface area contributed by atoms with E-state index in [1.807, 2.05) is 13.8 Å². The Bertz CT molecular complexity index is 803. The molecule has 0 bridgehead atoms. The van der Waals surface area contributed by atoms with Gasteiger partial charge in [0.05, 0.1) is 25.4 Å². The smallest absolute Gasteiger partial charge is 0.186 e. The molecule has 0 aromatic rings. The minimum atomic E-state index is -1.60. The zero-order valence-corrected chi connectivity index (χ0v) is 21.7. The SMILES string of the molecule is CC(CCC1C(CO)=CC(=O)CC1(C)C)OC1OC(COC2OC(C)C(O)C(O)C2O)C(O)C(O)C1O. The molecule has 0 radical (unpaired) electrons. The molecule has 3 aliphatic rings. The van der Waals surface area contributed by atoms with Crippen LogP contribution < -0.4 is 0 Å². The molecule has 0 aromatic heterocycles. The van der Waals surface area contributed by atoms with E-state index in [1.54, 1.807) is 6.92 Å². The van der Waals surface area contributed by atoms with Crippen molar-refractivity contribution in [1.82, 2.24) is 0 Å². The lowest BCUT2D eigenvalue weighted by Gasteiger charge is -2.43. The highest BCUT2D eigenvalue weighted by Gasteiger charge is 2.47. The molecule has 2 aliphatic heterocycles. The number of ketones is 1. The Labute approximate surface area is 216 Å². The molecule has 12 atom stereocenters. The van der Waals surface area contributed by atoms with Crippen molar-refractivity contribution in [2.24, 2.45) is 11.3 Å². The standard InChI is InChI=1S/C25H42O12/c1-11(5-6-15-13(9-26)7-14(27)8-25(15,3)4)35-24-22(33)20(31)18(29)16(37-24)10-34-23-21(32)19(30)17(28)12(2)36-23/h7,11-12,15-24,26,28-33H,5-6,8-10H2,1-4H3. The number of rotatable bonds is 9. The minimum Gasteiger partial charge on any atom is -0.392 e. The quantitative estimate of drug-likeness (QED) is 0.178. The number of carbonyl (C=O) groups is 1. The third kappa shape index (κ3) is 6.95. The fourth-order valence-corrected chi connectivity index (χ4v) is 5.37. The number of ether oxygens (including phenoxy) is 4. The first-order chi connectivity index (χ1) is 17.3. The summed E-state index contributed by atoms with van der Waals surface area (Å²) in [6, 6.07) is 0. The predicted octanol–water partition coefficient (Wildman–Crippen LogP) is -1.64. The minimum absolute atomic E-state index is 0.0135. The van der Waals surface area contributed by atoms with E-state index >= 15 is 0 Å². The lowest BCUT2D eigenvalue weighted by molar-refractivity contribution is -0.332. The van der Waals surface area contributed by atoms with Crippen LogP contribution >= 0.6 is 0 Å². The average Bonchev–Trinajstić information content (AvgIpc) is 2.83. The van der Waals surface area contributed by atoms with E-state index in [-0.39, 0.29) is 30.3 Å². The molecule has 3 rings (SSSR count). The van der Waals surface area contributed by atoms with Gasteiger partial charge in [-0.1, -0.05) is 13.8 Å². The summed E-state index contributed by atoms with van der Waals surface area (Å²) >= 11 is 0. The first-order valence-corrected chi connectivity index (χ1v) is 12.8. The molecule has 0 aromatic carbocycles. The van der Waals surface area contributed by atoms with E-state index in [1.165, 1.54) is 13.0 Å². The number of hydrogen-bond donors (Lipinski definition) is 7. The number of aliphatic hydroxyl groups excluding tert-OH is 7. The molecule has 2 saturated heterocycles. The van der Waals surface area contributed by atoms with Gasteiger partial charge in [-0.25, -0.2) is 0 Å². The Morgan fingerprint density at radius 1 is 0.973 bits per heavy atom. The van der Waals surface area contributed by atoms with Crippen LogP contribution in [0, 0.1) is 11.3 Å². The van der Waals surface area contributed by atoms with E-state index in [0.717, 1.165) is 0 Å². The maximum atomic E-state index is 12.0. The van der Waals surface area contributed by atoms with Gasteiger partial charge >= 0.3 is 0 Å². The van der Waals surface area contributed by atoms with Crippen molar-refractivity contribution in [2.75, 3.05) is 13.2 Å². The molecule has 2 fully saturated rings. The molecule has 0 spiro atoms. The van der Waals surface area contributed by atoms with Gasteiger partial charge in [0.25, 0.3) is 0 Å². The van der Waals surface area contributed by atoms with Gasteiger partial charge in [-0.3, -0.25) is 4.79 Å². The van der Waals surface area contributed by atoms with Gasteiger partial charge in [0.1, 0.15) is 42.7 Å². The van der Waals surface area contributed by atoms with Crippen molar-refractivity contribution < 1.29 is 59.5 Å². The van der Waals surface area contributed by atoms with Crippen LogP contribution in [-0.4, -0.2) is 122 Å². The van der Waals surface area contributed by atoms with Gasteiger partial charge < -0.3 is 54.7 Å². The summed E-state index contributed by atoms with van der Waals surface area (Å²) in [5, 5.41) is 70.8. The zero-order chi connectivity index (χ0) is 27.7. The molecule has 12 unspecified atom stereocenters. The van der Waals surface area contributed by atoms with Crippen molar-refractivity contribution in [3.05, 3.63) is 11.6 Å². The predicted molar refractivity (Wildman–Crippen MR) is 127 cm³/mol. The van der Waals surface area contributed by atoms with Crippen LogP contribution in [0.2, 0.25) is 0 Å². The van der Waals surface area contributed by atoms with E-state index in [9.17, 15) is 40.5 Å². The first-order valence-electron chi connectivity index (χ1n) is 12.8. The zero-order valence-electron chi connectivity index (χ0n) is 21.7. The van der Waals surface area contributed by atoms with Gasteiger partial charge in [-0.05, 0) is 49.7 Å². The summed E-state index contributed by atoms with van der Waals surface area (Å²) in [6.07, 6.45) is -11.1. The Morgan fingerprint density at radius 2 is 1.59 bits per heavy atom. The summed E-state index contributed by atoms with van der Waals surface area (Å²) in [6.45, 7) is 6.65. The van der Waals surface area contributed by atoms with E-state index < -0.39 is 67.5 Å². The van der Waals surface area contributed by atoms with Crippen LogP contribution in [0.1, 0.15) is 47.0 Å². The van der Waals surface area contributed by atoms with Gasteiger partial charge in [0.15, 0.2) is 18.4 Å². The maximum Gasteiger partial charge on any atom is 0.186 e. The second-order valence-electron chi connectivity index (χ2n) is 11.1. The van der Waals surface area contributed by atoms with E-state index in [4.69, 9.17) is 18.9 Å². The van der Waals surface area contributed by atoms with Crippen LogP contribution in [0.25, 0.3) is 0 Å². The molecular formula is C25H42O12. The van der Waals surface area contributed by atoms with Crippen molar-refractivity contribution in [1.29, 1.82) is 0 Å².